The van der Waals surface area contributed by atoms with Crippen molar-refractivity contribution in [2.45, 2.75) is 49.5 Å². The molecule has 3 rings (SSSR count). The van der Waals surface area contributed by atoms with Crippen LogP contribution in [0.5, 0.6) is 0 Å². The number of sulfonamides is 1. The molecule has 0 bridgehead atoms. The van der Waals surface area contributed by atoms with Gasteiger partial charge in [0, 0.05) is 39.5 Å². The standard InChI is InChI=1S/C17H27N3O3S/c1-19(14-15-7-3-6-12-23-15)17-9-8-16(13-18-17)24(21,22)20-10-4-2-5-11-20/h8-9,13,15H,2-7,10-12,14H2,1H3. The molecule has 2 fully saturated rings. The molecule has 2 saturated heterocycles. The lowest BCUT2D eigenvalue weighted by Gasteiger charge is -2.28. The van der Waals surface area contributed by atoms with Crippen molar-refractivity contribution < 1.29 is 13.2 Å². The predicted octanol–water partition coefficient (Wildman–Crippen LogP) is 2.26. The highest BCUT2D eigenvalue weighted by Crippen LogP contribution is 2.22. The van der Waals surface area contributed by atoms with Gasteiger partial charge in [0.15, 0.2) is 0 Å². The summed E-state index contributed by atoms with van der Waals surface area (Å²) in [6.45, 7) is 2.84. The molecule has 3 heterocycles. The first-order chi connectivity index (χ1) is 11.6. The van der Waals surface area contributed by atoms with Gasteiger partial charge < -0.3 is 9.64 Å². The smallest absolute Gasteiger partial charge is 0.244 e. The van der Waals surface area contributed by atoms with Crippen LogP contribution in [0.15, 0.2) is 23.2 Å². The van der Waals surface area contributed by atoms with Gasteiger partial charge in [-0.05, 0) is 44.2 Å². The molecule has 2 aliphatic heterocycles. The van der Waals surface area contributed by atoms with Crippen molar-refractivity contribution in [1.82, 2.24) is 9.29 Å². The van der Waals surface area contributed by atoms with E-state index in [-0.39, 0.29) is 11.0 Å². The number of hydrogen-bond acceptors (Lipinski definition) is 5. The van der Waals surface area contributed by atoms with Crippen molar-refractivity contribution in [3.63, 3.8) is 0 Å². The minimum Gasteiger partial charge on any atom is -0.376 e. The van der Waals surface area contributed by atoms with Gasteiger partial charge in [-0.25, -0.2) is 13.4 Å². The van der Waals surface area contributed by atoms with Crippen molar-refractivity contribution >= 4 is 15.8 Å². The molecule has 1 unspecified atom stereocenters. The maximum absolute atomic E-state index is 12.6. The van der Waals surface area contributed by atoms with Gasteiger partial charge in [0.05, 0.1) is 6.10 Å². The molecule has 24 heavy (non-hydrogen) atoms. The zero-order chi connectivity index (χ0) is 17.0. The lowest BCUT2D eigenvalue weighted by molar-refractivity contribution is 0.0215. The second-order valence-electron chi connectivity index (χ2n) is 6.69. The highest BCUT2D eigenvalue weighted by molar-refractivity contribution is 7.89. The maximum atomic E-state index is 12.6. The molecule has 2 aliphatic rings. The van der Waals surface area contributed by atoms with Crippen LogP contribution in [-0.4, -0.2) is 57.1 Å². The van der Waals surface area contributed by atoms with Gasteiger partial charge in [0.25, 0.3) is 0 Å². The van der Waals surface area contributed by atoms with E-state index in [1.165, 1.54) is 12.6 Å². The number of piperidine rings is 1. The summed E-state index contributed by atoms with van der Waals surface area (Å²) >= 11 is 0. The van der Waals surface area contributed by atoms with Crippen molar-refractivity contribution in [2.24, 2.45) is 0 Å². The molecular weight excluding hydrogens is 326 g/mol. The van der Waals surface area contributed by atoms with E-state index in [1.807, 2.05) is 11.9 Å². The lowest BCUT2D eigenvalue weighted by Crippen LogP contribution is -2.36. The number of likely N-dealkylation sites (N-methyl/N-ethyl adjacent to an activating group) is 1. The number of nitrogens with zero attached hydrogens (tertiary/aromatic N) is 3. The molecule has 0 amide bonds. The SMILES string of the molecule is CN(CC1CCCCO1)c1ccc(S(=O)(=O)N2CCCCC2)cn1. The zero-order valence-corrected chi connectivity index (χ0v) is 15.2. The third-order valence-corrected chi connectivity index (χ3v) is 6.70. The van der Waals surface area contributed by atoms with E-state index in [0.29, 0.717) is 13.1 Å². The summed E-state index contributed by atoms with van der Waals surface area (Å²) in [5.74, 6) is 0.779. The number of hydrogen-bond donors (Lipinski definition) is 0. The average molecular weight is 353 g/mol. The van der Waals surface area contributed by atoms with Crippen LogP contribution in [0.25, 0.3) is 0 Å². The molecule has 6 nitrogen and oxygen atoms in total. The summed E-state index contributed by atoms with van der Waals surface area (Å²) in [6, 6.07) is 3.46. The highest BCUT2D eigenvalue weighted by atomic mass is 32.2. The van der Waals surface area contributed by atoms with Gasteiger partial charge in [0.2, 0.25) is 10.0 Å². The maximum Gasteiger partial charge on any atom is 0.244 e. The molecule has 1 aromatic heterocycles. The van der Waals surface area contributed by atoms with Crippen molar-refractivity contribution in [1.29, 1.82) is 0 Å². The second kappa shape index (κ2) is 7.80. The van der Waals surface area contributed by atoms with E-state index in [4.69, 9.17) is 4.74 Å². The largest absolute Gasteiger partial charge is 0.376 e. The molecule has 1 atom stereocenters. The summed E-state index contributed by atoms with van der Waals surface area (Å²) in [4.78, 5) is 6.69. The molecule has 0 radical (unpaired) electrons. The molecule has 0 saturated carbocycles. The van der Waals surface area contributed by atoms with Crippen LogP contribution < -0.4 is 4.90 Å². The van der Waals surface area contributed by atoms with Crippen molar-refractivity contribution in [2.75, 3.05) is 38.2 Å². The van der Waals surface area contributed by atoms with E-state index in [2.05, 4.69) is 4.98 Å². The quantitative estimate of drug-likeness (QED) is 0.812. The molecule has 1 aromatic rings. The number of ether oxygens (including phenoxy) is 1. The summed E-state index contributed by atoms with van der Waals surface area (Å²) in [5, 5.41) is 0. The van der Waals surface area contributed by atoms with Crippen LogP contribution in [0.1, 0.15) is 38.5 Å². The summed E-state index contributed by atoms with van der Waals surface area (Å²) in [5.41, 5.74) is 0. The first-order valence-electron chi connectivity index (χ1n) is 8.86. The Morgan fingerprint density at radius 3 is 2.62 bits per heavy atom. The second-order valence-corrected chi connectivity index (χ2v) is 8.62. The van der Waals surface area contributed by atoms with Gasteiger partial charge in [-0.2, -0.15) is 4.31 Å². The van der Waals surface area contributed by atoms with Crippen molar-refractivity contribution in [3.8, 4) is 0 Å². The number of aromatic nitrogens is 1. The van der Waals surface area contributed by atoms with E-state index in [1.54, 1.807) is 16.4 Å². The number of rotatable bonds is 5. The Bertz CT molecular complexity index is 621. The first kappa shape index (κ1) is 17.6. The third kappa shape index (κ3) is 4.07. The first-order valence-corrected chi connectivity index (χ1v) is 10.3. The highest BCUT2D eigenvalue weighted by Gasteiger charge is 2.26. The monoisotopic (exact) mass is 353 g/mol. The van der Waals surface area contributed by atoms with Crippen LogP contribution in [0.4, 0.5) is 5.82 Å². The summed E-state index contributed by atoms with van der Waals surface area (Å²) < 4.78 is 32.6. The Labute approximate surface area is 144 Å². The minimum atomic E-state index is -3.40. The Hall–Kier alpha value is -1.18. The Morgan fingerprint density at radius 2 is 2.00 bits per heavy atom. The van der Waals surface area contributed by atoms with Gasteiger partial charge in [-0.1, -0.05) is 6.42 Å². The van der Waals surface area contributed by atoms with Gasteiger partial charge >= 0.3 is 0 Å². The molecule has 0 aliphatic carbocycles. The Kier molecular flexibility index (Phi) is 5.73. The fraction of sp³-hybridized carbons (Fsp3) is 0.706. The van der Waals surface area contributed by atoms with Gasteiger partial charge in [-0.15, -0.1) is 0 Å². The van der Waals surface area contributed by atoms with Gasteiger partial charge in [0.1, 0.15) is 10.7 Å². The number of anilines is 1. The topological polar surface area (TPSA) is 62.7 Å². The summed E-state index contributed by atoms with van der Waals surface area (Å²) in [6.07, 6.45) is 8.13. The Balaban J connectivity index is 1.65. The molecule has 0 N–H and O–H groups in total. The van der Waals surface area contributed by atoms with E-state index >= 15 is 0 Å². The van der Waals surface area contributed by atoms with E-state index < -0.39 is 10.0 Å². The van der Waals surface area contributed by atoms with E-state index in [0.717, 1.165) is 51.1 Å². The molecular formula is C17H27N3O3S. The minimum absolute atomic E-state index is 0.238. The molecule has 7 heteroatoms. The third-order valence-electron chi connectivity index (χ3n) is 4.82. The van der Waals surface area contributed by atoms with Crippen LogP contribution in [0.2, 0.25) is 0 Å². The van der Waals surface area contributed by atoms with Crippen LogP contribution in [0, 0.1) is 0 Å². The number of pyridine rings is 1. The fourth-order valence-corrected chi connectivity index (χ4v) is 4.82. The normalized spacial score (nSPS) is 23.1. The Morgan fingerprint density at radius 1 is 1.21 bits per heavy atom. The summed E-state index contributed by atoms with van der Waals surface area (Å²) in [7, 11) is -1.43. The average Bonchev–Trinajstić information content (AvgIpc) is 2.63. The van der Waals surface area contributed by atoms with Gasteiger partial charge in [-0.3, -0.25) is 0 Å². The lowest BCUT2D eigenvalue weighted by atomic mass is 10.1. The van der Waals surface area contributed by atoms with E-state index in [9.17, 15) is 8.42 Å². The molecule has 0 aromatic carbocycles. The van der Waals surface area contributed by atoms with Crippen molar-refractivity contribution in [3.05, 3.63) is 18.3 Å². The predicted molar refractivity (Wildman–Crippen MR) is 93.7 cm³/mol. The molecule has 134 valence electrons. The zero-order valence-electron chi connectivity index (χ0n) is 14.4. The van der Waals surface area contributed by atoms with Crippen LogP contribution in [0.3, 0.4) is 0 Å². The molecule has 0 spiro atoms. The van der Waals surface area contributed by atoms with Crippen LogP contribution >= 0.6 is 0 Å². The van der Waals surface area contributed by atoms with Crippen LogP contribution in [-0.2, 0) is 14.8 Å². The fourth-order valence-electron chi connectivity index (χ4n) is 3.36.